The summed E-state index contributed by atoms with van der Waals surface area (Å²) >= 11 is 0. The number of hydrogen-bond donors (Lipinski definition) is 1. The summed E-state index contributed by atoms with van der Waals surface area (Å²) in [6.45, 7) is 0. The van der Waals surface area contributed by atoms with Gasteiger partial charge in [0.2, 0.25) is 17.7 Å². The first-order valence-corrected chi connectivity index (χ1v) is 9.60. The molecule has 3 heterocycles. The normalized spacial score (nSPS) is 26.7. The number of amides is 3. The number of fused-ring (bicyclic) bond motifs is 5. The minimum atomic E-state index is -4.62. The van der Waals surface area contributed by atoms with Crippen molar-refractivity contribution >= 4 is 35.2 Å². The number of primary amides is 1. The van der Waals surface area contributed by atoms with Crippen molar-refractivity contribution in [1.29, 1.82) is 0 Å². The van der Waals surface area contributed by atoms with E-state index >= 15 is 0 Å². The van der Waals surface area contributed by atoms with Crippen molar-refractivity contribution in [2.24, 2.45) is 17.6 Å². The summed E-state index contributed by atoms with van der Waals surface area (Å²) in [4.78, 5) is 41.5. The van der Waals surface area contributed by atoms with E-state index in [1.165, 1.54) is 6.07 Å². The Balaban J connectivity index is 1.60. The summed E-state index contributed by atoms with van der Waals surface area (Å²) in [6.07, 6.45) is -1.08. The summed E-state index contributed by atoms with van der Waals surface area (Å²) in [7, 11) is 0. The monoisotopic (exact) mass is 427 g/mol. The molecule has 0 radical (unpaired) electrons. The van der Waals surface area contributed by atoms with E-state index in [0.29, 0.717) is 5.69 Å². The van der Waals surface area contributed by atoms with Crippen LogP contribution in [0.25, 0.3) is 6.08 Å². The van der Waals surface area contributed by atoms with E-state index in [4.69, 9.17) is 5.73 Å². The second kappa shape index (κ2) is 6.44. The summed E-state index contributed by atoms with van der Waals surface area (Å²) < 4.78 is 39.4. The lowest BCUT2D eigenvalue weighted by Crippen LogP contribution is -2.50. The molecule has 0 aliphatic carbocycles. The number of rotatable bonds is 2. The van der Waals surface area contributed by atoms with E-state index in [0.717, 1.165) is 28.7 Å². The minimum absolute atomic E-state index is 0.172. The number of benzene rings is 2. The molecule has 0 saturated carbocycles. The van der Waals surface area contributed by atoms with Crippen LogP contribution in [0.15, 0.2) is 54.6 Å². The van der Waals surface area contributed by atoms with Crippen LogP contribution in [-0.2, 0) is 20.6 Å². The van der Waals surface area contributed by atoms with E-state index in [9.17, 15) is 27.6 Å². The maximum atomic E-state index is 13.3. The van der Waals surface area contributed by atoms with E-state index in [1.807, 2.05) is 18.2 Å². The van der Waals surface area contributed by atoms with Gasteiger partial charge < -0.3 is 10.6 Å². The zero-order valence-corrected chi connectivity index (χ0v) is 15.9. The number of nitrogens with two attached hydrogens (primary N) is 1. The third-order valence-corrected chi connectivity index (χ3v) is 6.14. The standard InChI is InChI=1S/C22H16F3N3O3/c23-22(24,25)12-5-3-6-13(10-12)27-20(30)16-15-9-8-11-4-1-2-7-14(11)28(15)18(19(26)29)17(16)21(27)31/h1-10,15-18H,(H2,26,29). The quantitative estimate of drug-likeness (QED) is 0.747. The molecule has 3 aliphatic heterocycles. The fourth-order valence-corrected chi connectivity index (χ4v) is 4.91. The second-order valence-electron chi connectivity index (χ2n) is 7.77. The lowest BCUT2D eigenvalue weighted by molar-refractivity contribution is -0.137. The van der Waals surface area contributed by atoms with E-state index in [1.54, 1.807) is 23.1 Å². The molecule has 9 heteroatoms. The summed E-state index contributed by atoms with van der Waals surface area (Å²) in [5, 5.41) is 0. The number of imide groups is 1. The molecule has 2 N–H and O–H groups in total. The van der Waals surface area contributed by atoms with Crippen LogP contribution < -0.4 is 15.5 Å². The Morgan fingerprint density at radius 3 is 2.39 bits per heavy atom. The first-order valence-electron chi connectivity index (χ1n) is 9.60. The second-order valence-corrected chi connectivity index (χ2v) is 7.77. The number of alkyl halides is 3. The summed E-state index contributed by atoms with van der Waals surface area (Å²) in [5.74, 6) is -4.14. The van der Waals surface area contributed by atoms with Crippen LogP contribution in [0.5, 0.6) is 0 Å². The van der Waals surface area contributed by atoms with Crippen molar-refractivity contribution in [3.8, 4) is 0 Å². The molecule has 2 fully saturated rings. The fraction of sp³-hybridized carbons (Fsp3) is 0.227. The molecule has 5 rings (SSSR count). The fourth-order valence-electron chi connectivity index (χ4n) is 4.91. The van der Waals surface area contributed by atoms with Gasteiger partial charge in [-0.15, -0.1) is 0 Å². The van der Waals surface area contributed by atoms with Crippen molar-refractivity contribution in [3.05, 3.63) is 65.7 Å². The third kappa shape index (κ3) is 2.69. The first kappa shape index (κ1) is 19.3. The maximum Gasteiger partial charge on any atom is 0.416 e. The SMILES string of the molecule is NC(=O)C1C2C(=O)N(c3cccc(C(F)(F)F)c3)C(=O)C2C2C=Cc3ccccc3N21. The van der Waals surface area contributed by atoms with E-state index < -0.39 is 53.4 Å². The molecule has 3 amide bonds. The highest BCUT2D eigenvalue weighted by Crippen LogP contribution is 2.49. The van der Waals surface area contributed by atoms with Crippen LogP contribution in [-0.4, -0.2) is 29.8 Å². The van der Waals surface area contributed by atoms with Crippen LogP contribution >= 0.6 is 0 Å². The van der Waals surface area contributed by atoms with Crippen LogP contribution in [0.2, 0.25) is 0 Å². The number of carbonyl (C=O) groups excluding carboxylic acids is 3. The van der Waals surface area contributed by atoms with Crippen LogP contribution in [0.4, 0.5) is 24.5 Å². The lowest BCUT2D eigenvalue weighted by atomic mass is 9.88. The lowest BCUT2D eigenvalue weighted by Gasteiger charge is -2.35. The molecule has 2 aromatic carbocycles. The number of para-hydroxylation sites is 1. The molecule has 2 aromatic rings. The number of halogens is 3. The van der Waals surface area contributed by atoms with Crippen molar-refractivity contribution in [2.75, 3.05) is 9.80 Å². The molecular weight excluding hydrogens is 411 g/mol. The molecule has 2 saturated heterocycles. The van der Waals surface area contributed by atoms with Gasteiger partial charge in [-0.1, -0.05) is 36.4 Å². The van der Waals surface area contributed by atoms with Gasteiger partial charge in [-0.2, -0.15) is 13.2 Å². The Morgan fingerprint density at radius 2 is 1.68 bits per heavy atom. The highest BCUT2D eigenvalue weighted by atomic mass is 19.4. The smallest absolute Gasteiger partial charge is 0.368 e. The van der Waals surface area contributed by atoms with Crippen molar-refractivity contribution < 1.29 is 27.6 Å². The van der Waals surface area contributed by atoms with Crippen LogP contribution in [0, 0.1) is 11.8 Å². The van der Waals surface area contributed by atoms with Gasteiger partial charge in [0.25, 0.3) is 0 Å². The Hall–Kier alpha value is -3.62. The first-order chi connectivity index (χ1) is 14.7. The molecular formula is C22H16F3N3O3. The average Bonchev–Trinajstić information content (AvgIpc) is 3.21. The van der Waals surface area contributed by atoms with Crippen molar-refractivity contribution in [3.63, 3.8) is 0 Å². The van der Waals surface area contributed by atoms with Gasteiger partial charge in [-0.25, -0.2) is 4.90 Å². The Morgan fingerprint density at radius 1 is 0.968 bits per heavy atom. The van der Waals surface area contributed by atoms with Gasteiger partial charge in [-0.3, -0.25) is 14.4 Å². The van der Waals surface area contributed by atoms with Gasteiger partial charge in [-0.05, 0) is 29.8 Å². The molecule has 4 atom stereocenters. The number of hydrogen-bond acceptors (Lipinski definition) is 4. The molecule has 4 unspecified atom stereocenters. The summed E-state index contributed by atoms with van der Waals surface area (Å²) in [5.41, 5.74) is 6.01. The van der Waals surface area contributed by atoms with Gasteiger partial charge in [0, 0.05) is 5.69 Å². The molecule has 0 aromatic heterocycles. The predicted octanol–water partition coefficient (Wildman–Crippen LogP) is 2.58. The van der Waals surface area contributed by atoms with Crippen molar-refractivity contribution in [1.82, 2.24) is 0 Å². The zero-order chi connectivity index (χ0) is 22.1. The van der Waals surface area contributed by atoms with E-state index in [2.05, 4.69) is 0 Å². The Labute approximate surface area is 174 Å². The maximum absolute atomic E-state index is 13.3. The largest absolute Gasteiger partial charge is 0.416 e. The van der Waals surface area contributed by atoms with Gasteiger partial charge >= 0.3 is 6.18 Å². The predicted molar refractivity (Wildman–Crippen MR) is 106 cm³/mol. The molecule has 158 valence electrons. The number of anilines is 2. The molecule has 0 bridgehead atoms. The molecule has 31 heavy (non-hydrogen) atoms. The Kier molecular flexibility index (Phi) is 4.02. The zero-order valence-electron chi connectivity index (χ0n) is 15.9. The van der Waals surface area contributed by atoms with Crippen LogP contribution in [0.1, 0.15) is 11.1 Å². The average molecular weight is 427 g/mol. The third-order valence-electron chi connectivity index (χ3n) is 6.14. The highest BCUT2D eigenvalue weighted by Gasteiger charge is 2.64. The van der Waals surface area contributed by atoms with Crippen LogP contribution in [0.3, 0.4) is 0 Å². The number of nitrogens with zero attached hydrogens (tertiary/aromatic N) is 2. The number of carbonyl (C=O) groups is 3. The van der Waals surface area contributed by atoms with Gasteiger partial charge in [0.05, 0.1) is 29.1 Å². The summed E-state index contributed by atoms with van der Waals surface area (Å²) in [6, 6.07) is 9.57. The Bertz CT molecular complexity index is 1160. The van der Waals surface area contributed by atoms with Crippen molar-refractivity contribution in [2.45, 2.75) is 18.3 Å². The topological polar surface area (TPSA) is 83.7 Å². The molecule has 0 spiro atoms. The van der Waals surface area contributed by atoms with Gasteiger partial charge in [0.15, 0.2) is 0 Å². The molecule has 6 nitrogen and oxygen atoms in total. The molecule has 3 aliphatic rings. The highest BCUT2D eigenvalue weighted by molar-refractivity contribution is 6.24. The van der Waals surface area contributed by atoms with Gasteiger partial charge in [0.1, 0.15) is 6.04 Å². The minimum Gasteiger partial charge on any atom is -0.368 e. The van der Waals surface area contributed by atoms with E-state index in [-0.39, 0.29) is 5.69 Å².